The van der Waals surface area contributed by atoms with Crippen LogP contribution in [0.1, 0.15) is 18.4 Å². The summed E-state index contributed by atoms with van der Waals surface area (Å²) < 4.78 is 10.5. The summed E-state index contributed by atoms with van der Waals surface area (Å²) in [5.74, 6) is 1.48. The predicted octanol–water partition coefficient (Wildman–Crippen LogP) is 1.60. The number of ether oxygens (including phenoxy) is 2. The lowest BCUT2D eigenvalue weighted by molar-refractivity contribution is 0.157. The number of pyridine rings is 1. The molecule has 1 fully saturated rings. The Hall–Kier alpha value is -1.13. The average Bonchev–Trinajstić information content (AvgIpc) is 3.19. The van der Waals surface area contributed by atoms with Gasteiger partial charge in [0.25, 0.3) is 0 Å². The topological polar surface area (TPSA) is 43.4 Å². The second-order valence-electron chi connectivity index (χ2n) is 4.45. The van der Waals surface area contributed by atoms with Gasteiger partial charge in [-0.05, 0) is 24.8 Å². The molecule has 1 unspecified atom stereocenters. The van der Waals surface area contributed by atoms with Crippen LogP contribution in [-0.4, -0.2) is 31.9 Å². The van der Waals surface area contributed by atoms with Crippen molar-refractivity contribution in [3.05, 3.63) is 23.9 Å². The molecule has 1 saturated carbocycles. The van der Waals surface area contributed by atoms with Gasteiger partial charge >= 0.3 is 0 Å². The largest absolute Gasteiger partial charge is 0.481 e. The highest BCUT2D eigenvalue weighted by atomic mass is 16.5. The van der Waals surface area contributed by atoms with E-state index in [-0.39, 0.29) is 0 Å². The summed E-state index contributed by atoms with van der Waals surface area (Å²) >= 11 is 0. The average molecular weight is 236 g/mol. The van der Waals surface area contributed by atoms with E-state index < -0.39 is 0 Å². The van der Waals surface area contributed by atoms with Gasteiger partial charge < -0.3 is 14.8 Å². The molecule has 94 valence electrons. The van der Waals surface area contributed by atoms with Crippen molar-refractivity contribution in [2.75, 3.05) is 20.8 Å². The van der Waals surface area contributed by atoms with Gasteiger partial charge in [0, 0.05) is 31.5 Å². The molecule has 0 bridgehead atoms. The molecule has 1 N–H and O–H groups in total. The van der Waals surface area contributed by atoms with Crippen LogP contribution in [0.4, 0.5) is 0 Å². The van der Waals surface area contributed by atoms with Crippen LogP contribution in [0.2, 0.25) is 0 Å². The zero-order chi connectivity index (χ0) is 12.1. The fraction of sp³-hybridized carbons (Fsp3) is 0.615. The van der Waals surface area contributed by atoms with Crippen molar-refractivity contribution in [1.29, 1.82) is 0 Å². The lowest BCUT2D eigenvalue weighted by Crippen LogP contribution is -2.34. The van der Waals surface area contributed by atoms with Gasteiger partial charge in [-0.15, -0.1) is 0 Å². The molecule has 1 aliphatic carbocycles. The minimum atomic E-state index is 0.449. The van der Waals surface area contributed by atoms with E-state index in [1.54, 1.807) is 20.4 Å². The van der Waals surface area contributed by atoms with Gasteiger partial charge in [-0.3, -0.25) is 0 Å². The van der Waals surface area contributed by atoms with Crippen LogP contribution in [0, 0.1) is 5.92 Å². The van der Waals surface area contributed by atoms with Crippen molar-refractivity contribution in [3.8, 4) is 5.88 Å². The molecule has 0 saturated heterocycles. The SMILES string of the molecule is COCC(NCc1cccnc1OC)C1CC1. The first kappa shape index (κ1) is 12.3. The Morgan fingerprint density at radius 2 is 2.29 bits per heavy atom. The number of nitrogens with zero attached hydrogens (tertiary/aromatic N) is 1. The molecular formula is C13H20N2O2. The molecule has 4 heteroatoms. The van der Waals surface area contributed by atoms with Crippen molar-refractivity contribution >= 4 is 0 Å². The fourth-order valence-electron chi connectivity index (χ4n) is 2.02. The Balaban J connectivity index is 1.91. The van der Waals surface area contributed by atoms with E-state index in [4.69, 9.17) is 9.47 Å². The Labute approximate surface area is 102 Å². The van der Waals surface area contributed by atoms with E-state index in [0.29, 0.717) is 11.9 Å². The molecule has 1 aromatic rings. The van der Waals surface area contributed by atoms with Gasteiger partial charge in [0.05, 0.1) is 13.7 Å². The highest BCUT2D eigenvalue weighted by Gasteiger charge is 2.30. The molecule has 1 aromatic heterocycles. The first-order valence-corrected chi connectivity index (χ1v) is 6.05. The van der Waals surface area contributed by atoms with Gasteiger partial charge in [0.2, 0.25) is 5.88 Å². The Kier molecular flexibility index (Phi) is 4.34. The van der Waals surface area contributed by atoms with E-state index in [0.717, 1.165) is 24.6 Å². The minimum absolute atomic E-state index is 0.449. The number of hydrogen-bond donors (Lipinski definition) is 1. The monoisotopic (exact) mass is 236 g/mol. The van der Waals surface area contributed by atoms with E-state index >= 15 is 0 Å². The number of methoxy groups -OCH3 is 2. The van der Waals surface area contributed by atoms with E-state index in [9.17, 15) is 0 Å². The van der Waals surface area contributed by atoms with Gasteiger partial charge in [-0.2, -0.15) is 0 Å². The molecule has 17 heavy (non-hydrogen) atoms. The van der Waals surface area contributed by atoms with Crippen LogP contribution >= 0.6 is 0 Å². The van der Waals surface area contributed by atoms with Crippen LogP contribution in [0.15, 0.2) is 18.3 Å². The van der Waals surface area contributed by atoms with Crippen molar-refractivity contribution in [3.63, 3.8) is 0 Å². The molecule has 0 aromatic carbocycles. The van der Waals surface area contributed by atoms with Crippen molar-refractivity contribution < 1.29 is 9.47 Å². The second-order valence-corrected chi connectivity index (χ2v) is 4.45. The number of rotatable bonds is 7. The van der Waals surface area contributed by atoms with Gasteiger partial charge in [-0.25, -0.2) is 4.98 Å². The zero-order valence-electron chi connectivity index (χ0n) is 10.5. The maximum atomic E-state index is 5.24. The standard InChI is InChI=1S/C13H20N2O2/c1-16-9-12(10-5-6-10)15-8-11-4-3-7-14-13(11)17-2/h3-4,7,10,12,15H,5-6,8-9H2,1-2H3. The van der Waals surface area contributed by atoms with Crippen molar-refractivity contribution in [2.24, 2.45) is 5.92 Å². The van der Waals surface area contributed by atoms with Crippen LogP contribution in [0.5, 0.6) is 5.88 Å². The smallest absolute Gasteiger partial charge is 0.217 e. The zero-order valence-corrected chi connectivity index (χ0v) is 10.5. The van der Waals surface area contributed by atoms with Crippen LogP contribution < -0.4 is 10.1 Å². The predicted molar refractivity (Wildman–Crippen MR) is 66.0 cm³/mol. The highest BCUT2D eigenvalue weighted by Crippen LogP contribution is 2.33. The van der Waals surface area contributed by atoms with Gasteiger partial charge in [0.1, 0.15) is 0 Å². The first-order chi connectivity index (χ1) is 8.35. The third kappa shape index (κ3) is 3.41. The van der Waals surface area contributed by atoms with Crippen molar-refractivity contribution in [1.82, 2.24) is 10.3 Å². The second kappa shape index (κ2) is 5.98. The lowest BCUT2D eigenvalue weighted by atomic mass is 10.2. The lowest BCUT2D eigenvalue weighted by Gasteiger charge is -2.17. The molecule has 2 rings (SSSR count). The molecule has 0 radical (unpaired) electrons. The third-order valence-corrected chi connectivity index (χ3v) is 3.14. The van der Waals surface area contributed by atoms with Crippen LogP contribution in [0.25, 0.3) is 0 Å². The van der Waals surface area contributed by atoms with E-state index in [2.05, 4.69) is 10.3 Å². The molecule has 0 amide bonds. The summed E-state index contributed by atoms with van der Waals surface area (Å²) in [6.45, 7) is 1.55. The van der Waals surface area contributed by atoms with Gasteiger partial charge in [-0.1, -0.05) is 6.07 Å². The Morgan fingerprint density at radius 1 is 1.47 bits per heavy atom. The van der Waals surface area contributed by atoms with Crippen LogP contribution in [-0.2, 0) is 11.3 Å². The Bertz CT molecular complexity index is 353. The number of hydrogen-bond acceptors (Lipinski definition) is 4. The molecule has 1 heterocycles. The highest BCUT2D eigenvalue weighted by molar-refractivity contribution is 5.25. The van der Waals surface area contributed by atoms with Gasteiger partial charge in [0.15, 0.2) is 0 Å². The molecule has 1 aliphatic rings. The fourth-order valence-corrected chi connectivity index (χ4v) is 2.02. The van der Waals surface area contributed by atoms with E-state index in [1.165, 1.54) is 12.8 Å². The summed E-state index contributed by atoms with van der Waals surface area (Å²) in [6, 6.07) is 4.42. The maximum absolute atomic E-state index is 5.24. The van der Waals surface area contributed by atoms with E-state index in [1.807, 2.05) is 12.1 Å². The molecule has 1 atom stereocenters. The number of aromatic nitrogens is 1. The molecule has 4 nitrogen and oxygen atoms in total. The van der Waals surface area contributed by atoms with Crippen molar-refractivity contribution in [2.45, 2.75) is 25.4 Å². The third-order valence-electron chi connectivity index (χ3n) is 3.14. The molecule has 0 spiro atoms. The van der Waals surface area contributed by atoms with Crippen LogP contribution in [0.3, 0.4) is 0 Å². The summed E-state index contributed by atoms with van der Waals surface area (Å²) in [5.41, 5.74) is 1.09. The summed E-state index contributed by atoms with van der Waals surface area (Å²) in [5, 5.41) is 3.53. The quantitative estimate of drug-likeness (QED) is 0.781. The summed E-state index contributed by atoms with van der Waals surface area (Å²) in [7, 11) is 3.40. The first-order valence-electron chi connectivity index (χ1n) is 6.05. The Morgan fingerprint density at radius 3 is 2.94 bits per heavy atom. The number of nitrogens with one attached hydrogen (secondary N) is 1. The summed E-state index contributed by atoms with van der Waals surface area (Å²) in [4.78, 5) is 4.19. The summed E-state index contributed by atoms with van der Waals surface area (Å²) in [6.07, 6.45) is 4.37. The molecule has 0 aliphatic heterocycles. The maximum Gasteiger partial charge on any atom is 0.217 e. The minimum Gasteiger partial charge on any atom is -0.481 e. The molecular weight excluding hydrogens is 216 g/mol. The normalized spacial score (nSPS) is 16.8.